The standard InChI is InChI=1S/C14H16N4O2/c1-5-13-15-10-7-12(20-4)11(19-3)6-9(10)14-17-16-8(2)18(13)14/h6-7H,5H2,1-4H3. The van der Waals surface area contributed by atoms with Crippen molar-refractivity contribution in [1.29, 1.82) is 0 Å². The Bertz CT molecular complexity index is 795. The van der Waals surface area contributed by atoms with E-state index in [0.717, 1.165) is 34.6 Å². The summed E-state index contributed by atoms with van der Waals surface area (Å²) in [6.07, 6.45) is 0.805. The van der Waals surface area contributed by atoms with E-state index in [-0.39, 0.29) is 0 Å². The second-order valence-electron chi connectivity index (χ2n) is 4.51. The fourth-order valence-electron chi connectivity index (χ4n) is 2.41. The zero-order valence-corrected chi connectivity index (χ0v) is 12.0. The summed E-state index contributed by atoms with van der Waals surface area (Å²) in [6.45, 7) is 3.99. The minimum absolute atomic E-state index is 0.661. The third-order valence-corrected chi connectivity index (χ3v) is 3.39. The number of ether oxygens (including phenoxy) is 2. The molecule has 3 rings (SSSR count). The molecular formula is C14H16N4O2. The van der Waals surface area contributed by atoms with E-state index in [1.165, 1.54) is 0 Å². The van der Waals surface area contributed by atoms with Crippen LogP contribution in [0, 0.1) is 6.92 Å². The fraction of sp³-hybridized carbons (Fsp3) is 0.357. The highest BCUT2D eigenvalue weighted by molar-refractivity contribution is 5.93. The first-order valence-electron chi connectivity index (χ1n) is 6.46. The number of methoxy groups -OCH3 is 2. The van der Waals surface area contributed by atoms with E-state index in [1.807, 2.05) is 23.5 Å². The summed E-state index contributed by atoms with van der Waals surface area (Å²) < 4.78 is 12.7. The van der Waals surface area contributed by atoms with E-state index in [0.29, 0.717) is 11.5 Å². The normalized spacial score (nSPS) is 11.2. The second-order valence-corrected chi connectivity index (χ2v) is 4.51. The zero-order chi connectivity index (χ0) is 14.3. The molecule has 6 heteroatoms. The van der Waals surface area contributed by atoms with Crippen LogP contribution in [0.25, 0.3) is 16.6 Å². The molecule has 0 saturated carbocycles. The maximum absolute atomic E-state index is 5.35. The molecule has 0 aliphatic carbocycles. The molecule has 2 heterocycles. The summed E-state index contributed by atoms with van der Waals surface area (Å²) in [4.78, 5) is 4.69. The molecule has 0 spiro atoms. The molecule has 0 N–H and O–H groups in total. The lowest BCUT2D eigenvalue weighted by atomic mass is 10.2. The number of hydrogen-bond donors (Lipinski definition) is 0. The van der Waals surface area contributed by atoms with Gasteiger partial charge in [0, 0.05) is 17.9 Å². The van der Waals surface area contributed by atoms with E-state index in [2.05, 4.69) is 22.1 Å². The van der Waals surface area contributed by atoms with Gasteiger partial charge in [-0.15, -0.1) is 10.2 Å². The first-order valence-corrected chi connectivity index (χ1v) is 6.46. The molecule has 0 saturated heterocycles. The van der Waals surface area contributed by atoms with Crippen LogP contribution in [0.4, 0.5) is 0 Å². The van der Waals surface area contributed by atoms with Gasteiger partial charge in [0.15, 0.2) is 17.1 Å². The summed E-state index contributed by atoms with van der Waals surface area (Å²) in [6, 6.07) is 3.77. The molecule has 0 atom stereocenters. The number of hydrogen-bond acceptors (Lipinski definition) is 5. The van der Waals surface area contributed by atoms with Gasteiger partial charge < -0.3 is 9.47 Å². The van der Waals surface area contributed by atoms with Crippen molar-refractivity contribution < 1.29 is 9.47 Å². The number of nitrogens with zero attached hydrogens (tertiary/aromatic N) is 4. The Kier molecular flexibility index (Phi) is 2.93. The van der Waals surface area contributed by atoms with Gasteiger partial charge >= 0.3 is 0 Å². The smallest absolute Gasteiger partial charge is 0.171 e. The van der Waals surface area contributed by atoms with Gasteiger partial charge in [0.05, 0.1) is 19.7 Å². The molecule has 0 fully saturated rings. The summed E-state index contributed by atoms with van der Waals surface area (Å²) in [5, 5.41) is 9.32. The maximum Gasteiger partial charge on any atom is 0.171 e. The maximum atomic E-state index is 5.35. The lowest BCUT2D eigenvalue weighted by Crippen LogP contribution is -2.03. The fourth-order valence-corrected chi connectivity index (χ4v) is 2.41. The highest BCUT2D eigenvalue weighted by Gasteiger charge is 2.15. The Morgan fingerprint density at radius 3 is 2.45 bits per heavy atom. The van der Waals surface area contributed by atoms with Crippen molar-refractivity contribution in [3.8, 4) is 11.5 Å². The van der Waals surface area contributed by atoms with Crippen LogP contribution >= 0.6 is 0 Å². The minimum atomic E-state index is 0.661. The topological polar surface area (TPSA) is 61.5 Å². The molecule has 2 aromatic heterocycles. The van der Waals surface area contributed by atoms with Crippen LogP contribution < -0.4 is 9.47 Å². The number of rotatable bonds is 3. The van der Waals surface area contributed by atoms with Gasteiger partial charge in [0.2, 0.25) is 0 Å². The summed E-state index contributed by atoms with van der Waals surface area (Å²) in [7, 11) is 3.23. The third kappa shape index (κ3) is 1.68. The number of aromatic nitrogens is 4. The first kappa shape index (κ1) is 12.7. The van der Waals surface area contributed by atoms with Crippen molar-refractivity contribution in [1.82, 2.24) is 19.6 Å². The van der Waals surface area contributed by atoms with E-state index < -0.39 is 0 Å². The molecular weight excluding hydrogens is 256 g/mol. The second kappa shape index (κ2) is 4.63. The van der Waals surface area contributed by atoms with Crippen LogP contribution in [0.5, 0.6) is 11.5 Å². The van der Waals surface area contributed by atoms with Crippen molar-refractivity contribution >= 4 is 16.6 Å². The van der Waals surface area contributed by atoms with Crippen LogP contribution in [0.2, 0.25) is 0 Å². The van der Waals surface area contributed by atoms with E-state index in [9.17, 15) is 0 Å². The predicted octanol–water partition coefficient (Wildman–Crippen LogP) is 2.17. The molecule has 20 heavy (non-hydrogen) atoms. The molecule has 6 nitrogen and oxygen atoms in total. The quantitative estimate of drug-likeness (QED) is 0.731. The Balaban J connectivity index is 2.46. The van der Waals surface area contributed by atoms with Crippen molar-refractivity contribution in [3.63, 3.8) is 0 Å². The lowest BCUT2D eigenvalue weighted by Gasteiger charge is -2.11. The number of benzene rings is 1. The van der Waals surface area contributed by atoms with Crippen LogP contribution in [0.3, 0.4) is 0 Å². The molecule has 104 valence electrons. The van der Waals surface area contributed by atoms with E-state index in [1.54, 1.807) is 14.2 Å². The Morgan fingerprint density at radius 2 is 1.80 bits per heavy atom. The zero-order valence-electron chi connectivity index (χ0n) is 12.0. The van der Waals surface area contributed by atoms with Crippen LogP contribution in [0.15, 0.2) is 12.1 Å². The first-order chi connectivity index (χ1) is 9.69. The number of aryl methyl sites for hydroxylation is 2. The Morgan fingerprint density at radius 1 is 1.10 bits per heavy atom. The molecule has 0 unspecified atom stereocenters. The van der Waals surface area contributed by atoms with Gasteiger partial charge in [-0.2, -0.15) is 0 Å². The van der Waals surface area contributed by atoms with Crippen molar-refractivity contribution in [3.05, 3.63) is 23.8 Å². The SMILES string of the molecule is CCc1nc2cc(OC)c(OC)cc2c2nnc(C)n12. The summed E-state index contributed by atoms with van der Waals surface area (Å²) in [5.74, 6) is 3.09. The van der Waals surface area contributed by atoms with Crippen LogP contribution in [0.1, 0.15) is 18.6 Å². The summed E-state index contributed by atoms with van der Waals surface area (Å²) in [5.41, 5.74) is 1.63. The predicted molar refractivity (Wildman–Crippen MR) is 75.5 cm³/mol. The van der Waals surface area contributed by atoms with Gasteiger partial charge in [-0.05, 0) is 13.0 Å². The van der Waals surface area contributed by atoms with Crippen molar-refractivity contribution in [2.45, 2.75) is 20.3 Å². The lowest BCUT2D eigenvalue weighted by molar-refractivity contribution is 0.356. The van der Waals surface area contributed by atoms with Gasteiger partial charge in [-0.1, -0.05) is 6.92 Å². The highest BCUT2D eigenvalue weighted by atomic mass is 16.5. The summed E-state index contributed by atoms with van der Waals surface area (Å²) >= 11 is 0. The van der Waals surface area contributed by atoms with Gasteiger partial charge in [-0.25, -0.2) is 4.98 Å². The van der Waals surface area contributed by atoms with Crippen LogP contribution in [-0.4, -0.2) is 33.8 Å². The molecule has 0 amide bonds. The molecule has 0 aliphatic rings. The Labute approximate surface area is 116 Å². The molecule has 1 aromatic carbocycles. The Hall–Kier alpha value is -2.37. The minimum Gasteiger partial charge on any atom is -0.493 e. The largest absolute Gasteiger partial charge is 0.493 e. The monoisotopic (exact) mass is 272 g/mol. The molecule has 0 aliphatic heterocycles. The average molecular weight is 272 g/mol. The van der Waals surface area contributed by atoms with E-state index >= 15 is 0 Å². The molecule has 0 bridgehead atoms. The highest BCUT2D eigenvalue weighted by Crippen LogP contribution is 2.33. The molecule has 3 aromatic rings. The van der Waals surface area contributed by atoms with Crippen molar-refractivity contribution in [2.24, 2.45) is 0 Å². The van der Waals surface area contributed by atoms with Gasteiger partial charge in [-0.3, -0.25) is 4.40 Å². The average Bonchev–Trinajstić information content (AvgIpc) is 2.87. The van der Waals surface area contributed by atoms with E-state index in [4.69, 9.17) is 9.47 Å². The van der Waals surface area contributed by atoms with Gasteiger partial charge in [0.25, 0.3) is 0 Å². The molecule has 0 radical (unpaired) electrons. The number of fused-ring (bicyclic) bond motifs is 3. The van der Waals surface area contributed by atoms with Gasteiger partial charge in [0.1, 0.15) is 11.6 Å². The van der Waals surface area contributed by atoms with Crippen molar-refractivity contribution in [2.75, 3.05) is 14.2 Å². The van der Waals surface area contributed by atoms with Crippen LogP contribution in [-0.2, 0) is 6.42 Å². The third-order valence-electron chi connectivity index (χ3n) is 3.39.